The highest BCUT2D eigenvalue weighted by molar-refractivity contribution is 7.08. The molecule has 1 aromatic carbocycles. The molecule has 198 valence electrons. The van der Waals surface area contributed by atoms with E-state index >= 15 is 0 Å². The minimum Gasteiger partial charge on any atom is -0.496 e. The molecule has 1 fully saturated rings. The molecule has 0 radical (unpaired) electrons. The van der Waals surface area contributed by atoms with Crippen molar-refractivity contribution >= 4 is 17.2 Å². The van der Waals surface area contributed by atoms with E-state index in [1.165, 1.54) is 0 Å². The van der Waals surface area contributed by atoms with Crippen LogP contribution in [0, 0.1) is 0 Å². The van der Waals surface area contributed by atoms with Gasteiger partial charge in [0.1, 0.15) is 18.1 Å². The third-order valence-electron chi connectivity index (χ3n) is 7.77. The van der Waals surface area contributed by atoms with E-state index in [0.717, 1.165) is 53.0 Å². The summed E-state index contributed by atoms with van der Waals surface area (Å²) < 4.78 is 21.2. The number of ether oxygens (including phenoxy) is 3. The van der Waals surface area contributed by atoms with Gasteiger partial charge in [-0.25, -0.2) is 4.68 Å². The third kappa shape index (κ3) is 3.82. The zero-order valence-electron chi connectivity index (χ0n) is 22.1. The molecule has 3 aromatic heterocycles. The van der Waals surface area contributed by atoms with Gasteiger partial charge in [0.05, 0.1) is 36.3 Å². The van der Waals surface area contributed by atoms with Crippen LogP contribution < -0.4 is 9.47 Å². The molecule has 0 saturated carbocycles. The first-order valence-corrected chi connectivity index (χ1v) is 13.7. The van der Waals surface area contributed by atoms with Gasteiger partial charge < -0.3 is 19.1 Å². The minimum atomic E-state index is -0.322. The SMILES string of the molecule is CCC1(COC)CCCN1C(=O)c1nn(-c2ccsc2)c2c1COc1cc(OC)c(-c3ccn(C)n3)cc1-2. The molecule has 0 N–H and O–H groups in total. The standard InChI is InChI=1S/C28H31N5O4S/c1-5-28(17-35-3)9-6-10-32(28)27(34)25-21-15-37-24-14-23(36-4)19(22-7-11-31(2)29-22)13-20(24)26(21)33(30-25)18-8-12-38-16-18/h7-8,11-14,16H,5-6,9-10,15,17H2,1-4H3. The highest BCUT2D eigenvalue weighted by Gasteiger charge is 2.44. The molecule has 1 unspecified atom stereocenters. The molecule has 2 aliphatic heterocycles. The molecular formula is C28H31N5O4S. The number of amides is 1. The summed E-state index contributed by atoms with van der Waals surface area (Å²) in [6, 6.07) is 7.90. The number of rotatable bonds is 7. The second kappa shape index (κ2) is 9.59. The topological polar surface area (TPSA) is 83.6 Å². The van der Waals surface area contributed by atoms with Crippen molar-refractivity contribution in [3.8, 4) is 39.7 Å². The molecule has 5 heterocycles. The van der Waals surface area contributed by atoms with E-state index in [9.17, 15) is 4.79 Å². The van der Waals surface area contributed by atoms with Crippen molar-refractivity contribution < 1.29 is 19.0 Å². The Morgan fingerprint density at radius 3 is 2.76 bits per heavy atom. The highest BCUT2D eigenvalue weighted by atomic mass is 32.1. The van der Waals surface area contributed by atoms with Crippen LogP contribution in [-0.4, -0.2) is 63.3 Å². The van der Waals surface area contributed by atoms with Crippen molar-refractivity contribution in [3.63, 3.8) is 0 Å². The number of fused-ring (bicyclic) bond motifs is 3. The molecule has 10 heteroatoms. The number of benzene rings is 1. The number of carbonyl (C=O) groups is 1. The lowest BCUT2D eigenvalue weighted by Gasteiger charge is -2.37. The zero-order chi connectivity index (χ0) is 26.4. The summed E-state index contributed by atoms with van der Waals surface area (Å²) >= 11 is 1.59. The normalized spacial score (nSPS) is 18.3. The molecule has 1 amide bonds. The first-order valence-electron chi connectivity index (χ1n) is 12.8. The molecule has 0 bridgehead atoms. The van der Waals surface area contributed by atoms with Crippen LogP contribution in [0.3, 0.4) is 0 Å². The molecular weight excluding hydrogens is 502 g/mol. The number of likely N-dealkylation sites (tertiary alicyclic amines) is 1. The maximum absolute atomic E-state index is 14.2. The Morgan fingerprint density at radius 1 is 1.21 bits per heavy atom. The van der Waals surface area contributed by atoms with Crippen LogP contribution in [0.5, 0.6) is 11.5 Å². The maximum Gasteiger partial charge on any atom is 0.275 e. The summed E-state index contributed by atoms with van der Waals surface area (Å²) in [5.41, 5.74) is 5.17. The first kappa shape index (κ1) is 24.7. The molecule has 0 spiro atoms. The summed E-state index contributed by atoms with van der Waals surface area (Å²) in [7, 11) is 5.23. The van der Waals surface area contributed by atoms with Gasteiger partial charge in [0, 0.05) is 55.0 Å². The monoisotopic (exact) mass is 533 g/mol. The van der Waals surface area contributed by atoms with Crippen LogP contribution in [0.25, 0.3) is 28.2 Å². The largest absolute Gasteiger partial charge is 0.496 e. The van der Waals surface area contributed by atoms with Crippen LogP contribution in [0.4, 0.5) is 0 Å². The van der Waals surface area contributed by atoms with Gasteiger partial charge in [0.15, 0.2) is 5.69 Å². The van der Waals surface area contributed by atoms with Gasteiger partial charge in [-0.3, -0.25) is 9.48 Å². The smallest absolute Gasteiger partial charge is 0.275 e. The Labute approximate surface area is 225 Å². The number of nitrogens with zero attached hydrogens (tertiary/aromatic N) is 5. The van der Waals surface area contributed by atoms with Crippen molar-refractivity contribution in [2.45, 2.75) is 38.3 Å². The van der Waals surface area contributed by atoms with Crippen molar-refractivity contribution in [1.29, 1.82) is 0 Å². The molecule has 9 nitrogen and oxygen atoms in total. The van der Waals surface area contributed by atoms with E-state index in [2.05, 4.69) is 12.0 Å². The number of aryl methyl sites for hydroxylation is 1. The Bertz CT molecular complexity index is 1490. The third-order valence-corrected chi connectivity index (χ3v) is 8.44. The number of hydrogen-bond acceptors (Lipinski definition) is 7. The molecule has 1 saturated heterocycles. The highest BCUT2D eigenvalue weighted by Crippen LogP contribution is 2.46. The van der Waals surface area contributed by atoms with E-state index in [-0.39, 0.29) is 18.1 Å². The molecule has 38 heavy (non-hydrogen) atoms. The Morgan fingerprint density at radius 2 is 2.08 bits per heavy atom. The average Bonchev–Trinajstić information content (AvgIpc) is 3.73. The van der Waals surface area contributed by atoms with E-state index in [1.54, 1.807) is 30.2 Å². The van der Waals surface area contributed by atoms with E-state index in [4.69, 9.17) is 19.3 Å². The lowest BCUT2D eigenvalue weighted by molar-refractivity contribution is 0.0271. The summed E-state index contributed by atoms with van der Waals surface area (Å²) in [4.78, 5) is 16.1. The van der Waals surface area contributed by atoms with Crippen molar-refractivity contribution in [2.75, 3.05) is 27.4 Å². The molecule has 4 aromatic rings. The fourth-order valence-corrected chi connectivity index (χ4v) is 6.43. The average molecular weight is 534 g/mol. The number of carbonyl (C=O) groups excluding carboxylic acids is 1. The van der Waals surface area contributed by atoms with E-state index < -0.39 is 0 Å². The Hall–Kier alpha value is -3.63. The summed E-state index contributed by atoms with van der Waals surface area (Å²) in [5, 5.41) is 13.6. The van der Waals surface area contributed by atoms with Crippen LogP contribution in [0.2, 0.25) is 0 Å². The first-order chi connectivity index (χ1) is 18.5. The maximum atomic E-state index is 14.2. The van der Waals surface area contributed by atoms with Gasteiger partial charge in [-0.05, 0) is 42.8 Å². The number of methoxy groups -OCH3 is 2. The number of thiophene rings is 1. The van der Waals surface area contributed by atoms with Gasteiger partial charge in [-0.1, -0.05) is 6.92 Å². The molecule has 2 aliphatic rings. The predicted octanol–water partition coefficient (Wildman–Crippen LogP) is 4.93. The van der Waals surface area contributed by atoms with Gasteiger partial charge in [0.25, 0.3) is 5.91 Å². The molecule has 6 rings (SSSR count). The van der Waals surface area contributed by atoms with Crippen molar-refractivity contribution in [2.24, 2.45) is 7.05 Å². The van der Waals surface area contributed by atoms with Gasteiger partial charge >= 0.3 is 0 Å². The van der Waals surface area contributed by atoms with Crippen molar-refractivity contribution in [3.05, 3.63) is 52.5 Å². The Balaban J connectivity index is 1.53. The van der Waals surface area contributed by atoms with Crippen LogP contribution in [0.15, 0.2) is 41.2 Å². The molecule has 1 atom stereocenters. The van der Waals surface area contributed by atoms with Gasteiger partial charge in [0.2, 0.25) is 0 Å². The number of hydrogen-bond donors (Lipinski definition) is 0. The van der Waals surface area contributed by atoms with E-state index in [1.807, 2.05) is 57.9 Å². The quantitative estimate of drug-likeness (QED) is 0.335. The number of aromatic nitrogens is 4. The summed E-state index contributed by atoms with van der Waals surface area (Å²) in [6.07, 6.45) is 4.59. The lowest BCUT2D eigenvalue weighted by Crippen LogP contribution is -2.50. The second-order valence-electron chi connectivity index (χ2n) is 9.85. The minimum absolute atomic E-state index is 0.0721. The molecule has 0 aliphatic carbocycles. The second-order valence-corrected chi connectivity index (χ2v) is 10.6. The lowest BCUT2D eigenvalue weighted by atomic mass is 9.93. The van der Waals surface area contributed by atoms with Crippen LogP contribution in [-0.2, 0) is 18.4 Å². The van der Waals surface area contributed by atoms with Crippen LogP contribution in [0.1, 0.15) is 42.2 Å². The predicted molar refractivity (Wildman–Crippen MR) is 145 cm³/mol. The van der Waals surface area contributed by atoms with Gasteiger partial charge in [-0.2, -0.15) is 21.5 Å². The zero-order valence-corrected chi connectivity index (χ0v) is 22.9. The van der Waals surface area contributed by atoms with Crippen LogP contribution >= 0.6 is 11.3 Å². The van der Waals surface area contributed by atoms with Crippen molar-refractivity contribution in [1.82, 2.24) is 24.5 Å². The summed E-state index contributed by atoms with van der Waals surface area (Å²) in [5.74, 6) is 1.29. The van der Waals surface area contributed by atoms with E-state index in [0.29, 0.717) is 30.3 Å². The summed E-state index contributed by atoms with van der Waals surface area (Å²) in [6.45, 7) is 3.57. The van der Waals surface area contributed by atoms with Gasteiger partial charge in [-0.15, -0.1) is 0 Å². The fourth-order valence-electron chi connectivity index (χ4n) is 5.82. The Kier molecular flexibility index (Phi) is 6.23. The fraction of sp³-hybridized carbons (Fsp3) is 0.393.